The van der Waals surface area contributed by atoms with Crippen LogP contribution >= 0.6 is 0 Å². The number of aromatic nitrogens is 6. The third-order valence-electron chi connectivity index (χ3n) is 3.49. The van der Waals surface area contributed by atoms with Crippen LogP contribution in [0.1, 0.15) is 44.4 Å². The van der Waals surface area contributed by atoms with E-state index < -0.39 is 0 Å². The van der Waals surface area contributed by atoms with Crippen molar-refractivity contribution in [3.63, 3.8) is 0 Å². The number of nitrogens with zero attached hydrogens (tertiary/aromatic N) is 6. The van der Waals surface area contributed by atoms with Gasteiger partial charge in [0, 0.05) is 31.4 Å². The lowest BCUT2D eigenvalue weighted by Crippen LogP contribution is -2.09. The summed E-state index contributed by atoms with van der Waals surface area (Å²) >= 11 is 0. The van der Waals surface area contributed by atoms with E-state index in [4.69, 9.17) is 4.52 Å². The molecule has 0 amide bonds. The van der Waals surface area contributed by atoms with Gasteiger partial charge < -0.3 is 9.09 Å². The summed E-state index contributed by atoms with van der Waals surface area (Å²) in [6.07, 6.45) is 6.93. The maximum atomic E-state index is 5.33. The fraction of sp³-hybridized carbons (Fsp3) is 0.400. The lowest BCUT2D eigenvalue weighted by Gasteiger charge is -2.12. The van der Waals surface area contributed by atoms with Crippen LogP contribution in [0.15, 0.2) is 29.2 Å². The van der Waals surface area contributed by atoms with Gasteiger partial charge in [0.25, 0.3) is 0 Å². The number of aryl methyl sites for hydroxylation is 2. The van der Waals surface area contributed by atoms with E-state index in [1.165, 1.54) is 0 Å². The normalized spacial score (nSPS) is 12.5. The Labute approximate surface area is 128 Å². The second-order valence-electron chi connectivity index (χ2n) is 4.95. The zero-order valence-corrected chi connectivity index (χ0v) is 12.9. The van der Waals surface area contributed by atoms with Gasteiger partial charge in [-0.15, -0.1) is 0 Å². The van der Waals surface area contributed by atoms with Gasteiger partial charge in [0.2, 0.25) is 5.89 Å². The molecule has 7 heteroatoms. The second-order valence-corrected chi connectivity index (χ2v) is 4.95. The molecule has 7 nitrogen and oxygen atoms in total. The summed E-state index contributed by atoms with van der Waals surface area (Å²) in [5.41, 5.74) is 0.791. The topological polar surface area (TPSA) is 82.5 Å². The van der Waals surface area contributed by atoms with Gasteiger partial charge in [0.1, 0.15) is 17.6 Å². The van der Waals surface area contributed by atoms with Crippen molar-refractivity contribution in [1.29, 1.82) is 0 Å². The SMILES string of the molecule is CCc1nccc(-c2nccn2[C@@H](C)c2nc(CC)no2)n1. The van der Waals surface area contributed by atoms with Crippen LogP contribution in [0, 0.1) is 0 Å². The molecule has 0 spiro atoms. The van der Waals surface area contributed by atoms with Gasteiger partial charge in [-0.3, -0.25) is 0 Å². The largest absolute Gasteiger partial charge is 0.337 e. The Hall–Kier alpha value is -2.57. The minimum Gasteiger partial charge on any atom is -0.337 e. The standard InChI is InChI=1S/C15H18N6O/c1-4-12-16-7-6-11(18-12)14-17-8-9-21(14)10(3)15-19-13(5-2)20-22-15/h6-10H,4-5H2,1-3H3/t10-/m0/s1. The van der Waals surface area contributed by atoms with E-state index in [9.17, 15) is 0 Å². The highest BCUT2D eigenvalue weighted by Gasteiger charge is 2.19. The Bertz CT molecular complexity index is 763. The molecule has 0 aliphatic rings. The molecule has 0 bridgehead atoms. The molecule has 0 saturated carbocycles. The summed E-state index contributed by atoms with van der Waals surface area (Å²) in [6.45, 7) is 6.02. The van der Waals surface area contributed by atoms with Gasteiger partial charge >= 0.3 is 0 Å². The Morgan fingerprint density at radius 1 is 1.09 bits per heavy atom. The minimum absolute atomic E-state index is 0.106. The van der Waals surface area contributed by atoms with Crippen LogP contribution in [0.3, 0.4) is 0 Å². The Balaban J connectivity index is 1.97. The van der Waals surface area contributed by atoms with E-state index in [2.05, 4.69) is 25.1 Å². The molecule has 3 aromatic heterocycles. The van der Waals surface area contributed by atoms with Crippen LogP contribution in [0.2, 0.25) is 0 Å². The second kappa shape index (κ2) is 6.05. The van der Waals surface area contributed by atoms with Crippen molar-refractivity contribution in [2.45, 2.75) is 39.7 Å². The Kier molecular flexibility index (Phi) is 3.95. The predicted molar refractivity (Wildman–Crippen MR) is 80.1 cm³/mol. The van der Waals surface area contributed by atoms with E-state index in [-0.39, 0.29) is 6.04 Å². The quantitative estimate of drug-likeness (QED) is 0.719. The van der Waals surface area contributed by atoms with Crippen molar-refractivity contribution in [3.05, 3.63) is 42.2 Å². The van der Waals surface area contributed by atoms with E-state index in [1.54, 1.807) is 12.4 Å². The van der Waals surface area contributed by atoms with Crippen LogP contribution in [0.4, 0.5) is 0 Å². The van der Waals surface area contributed by atoms with Crippen molar-refractivity contribution in [1.82, 2.24) is 29.7 Å². The molecule has 3 aromatic rings. The number of hydrogen-bond acceptors (Lipinski definition) is 6. The molecule has 0 N–H and O–H groups in total. The van der Waals surface area contributed by atoms with E-state index in [1.807, 2.05) is 37.6 Å². The van der Waals surface area contributed by atoms with Crippen LogP contribution < -0.4 is 0 Å². The van der Waals surface area contributed by atoms with E-state index in [0.29, 0.717) is 11.7 Å². The highest BCUT2D eigenvalue weighted by Crippen LogP contribution is 2.23. The molecule has 114 valence electrons. The molecule has 0 aliphatic heterocycles. The number of rotatable bonds is 5. The van der Waals surface area contributed by atoms with Crippen LogP contribution in [0.5, 0.6) is 0 Å². The molecule has 0 saturated heterocycles. The minimum atomic E-state index is -0.106. The highest BCUT2D eigenvalue weighted by atomic mass is 16.5. The highest BCUT2D eigenvalue weighted by molar-refractivity contribution is 5.49. The fourth-order valence-electron chi connectivity index (χ4n) is 2.22. The first-order chi connectivity index (χ1) is 10.7. The van der Waals surface area contributed by atoms with Crippen molar-refractivity contribution in [3.8, 4) is 11.5 Å². The maximum Gasteiger partial charge on any atom is 0.249 e. The van der Waals surface area contributed by atoms with Gasteiger partial charge in [-0.05, 0) is 13.0 Å². The maximum absolute atomic E-state index is 5.33. The van der Waals surface area contributed by atoms with Gasteiger partial charge in [0.05, 0.1) is 0 Å². The van der Waals surface area contributed by atoms with Gasteiger partial charge in [-0.25, -0.2) is 15.0 Å². The first-order valence-corrected chi connectivity index (χ1v) is 7.40. The van der Waals surface area contributed by atoms with Crippen molar-refractivity contribution in [2.24, 2.45) is 0 Å². The monoisotopic (exact) mass is 298 g/mol. The predicted octanol–water partition coefficient (Wildman–Crippen LogP) is 2.46. The molecule has 3 heterocycles. The summed E-state index contributed by atoms with van der Waals surface area (Å²) < 4.78 is 7.32. The fourth-order valence-corrected chi connectivity index (χ4v) is 2.22. The zero-order valence-electron chi connectivity index (χ0n) is 12.9. The van der Waals surface area contributed by atoms with Crippen molar-refractivity contribution in [2.75, 3.05) is 0 Å². The zero-order chi connectivity index (χ0) is 15.5. The first-order valence-electron chi connectivity index (χ1n) is 7.40. The summed E-state index contributed by atoms with van der Waals surface area (Å²) in [7, 11) is 0. The third-order valence-corrected chi connectivity index (χ3v) is 3.49. The molecule has 1 atom stereocenters. The molecule has 22 heavy (non-hydrogen) atoms. The van der Waals surface area contributed by atoms with Crippen molar-refractivity contribution >= 4 is 0 Å². The molecule has 0 fully saturated rings. The lowest BCUT2D eigenvalue weighted by atomic mass is 10.3. The molecule has 0 aliphatic carbocycles. The summed E-state index contributed by atoms with van der Waals surface area (Å²) in [5, 5.41) is 3.95. The average molecular weight is 298 g/mol. The van der Waals surface area contributed by atoms with Crippen LogP contribution in [-0.2, 0) is 12.8 Å². The summed E-state index contributed by atoms with van der Waals surface area (Å²) in [5.74, 6) is 2.84. The molecule has 3 rings (SSSR count). The molecular formula is C15H18N6O. The molecular weight excluding hydrogens is 280 g/mol. The Morgan fingerprint density at radius 2 is 1.91 bits per heavy atom. The van der Waals surface area contributed by atoms with Gasteiger partial charge in [-0.2, -0.15) is 4.98 Å². The van der Waals surface area contributed by atoms with Gasteiger partial charge in [0.15, 0.2) is 11.6 Å². The van der Waals surface area contributed by atoms with Crippen molar-refractivity contribution < 1.29 is 4.52 Å². The number of imidazole rings is 1. The third kappa shape index (κ3) is 2.61. The average Bonchev–Trinajstić information content (AvgIpc) is 3.23. The van der Waals surface area contributed by atoms with Crippen LogP contribution in [0.25, 0.3) is 11.5 Å². The Morgan fingerprint density at radius 3 is 2.64 bits per heavy atom. The smallest absolute Gasteiger partial charge is 0.249 e. The van der Waals surface area contributed by atoms with Gasteiger partial charge in [-0.1, -0.05) is 19.0 Å². The van der Waals surface area contributed by atoms with E-state index in [0.717, 1.165) is 30.2 Å². The number of hydrogen-bond donors (Lipinski definition) is 0. The first kappa shape index (κ1) is 14.4. The summed E-state index contributed by atoms with van der Waals surface area (Å²) in [4.78, 5) is 17.6. The molecule has 0 aromatic carbocycles. The molecule has 0 unspecified atom stereocenters. The lowest BCUT2D eigenvalue weighted by molar-refractivity contribution is 0.343. The van der Waals surface area contributed by atoms with E-state index >= 15 is 0 Å². The van der Waals surface area contributed by atoms with Crippen LogP contribution in [-0.4, -0.2) is 29.7 Å². The summed E-state index contributed by atoms with van der Waals surface area (Å²) in [6, 6.07) is 1.75. The molecule has 0 radical (unpaired) electrons.